The van der Waals surface area contributed by atoms with Crippen LogP contribution in [0.5, 0.6) is 0 Å². The summed E-state index contributed by atoms with van der Waals surface area (Å²) in [5, 5.41) is 7.50. The summed E-state index contributed by atoms with van der Waals surface area (Å²) in [6.07, 6.45) is -1.65. The van der Waals surface area contributed by atoms with E-state index in [4.69, 9.17) is 0 Å². The first kappa shape index (κ1) is 15.6. The molecule has 0 atom stereocenters. The highest BCUT2D eigenvalue weighted by atomic mass is 19.4. The van der Waals surface area contributed by atoms with Gasteiger partial charge < -0.3 is 5.32 Å². The van der Waals surface area contributed by atoms with Gasteiger partial charge in [-0.3, -0.25) is 0 Å². The normalized spacial score (nSPS) is 11.9. The molecule has 21 heavy (non-hydrogen) atoms. The minimum Gasteiger partial charge on any atom is -0.311 e. The molecule has 0 radical (unpaired) electrons. The minimum absolute atomic E-state index is 0.211. The number of aromatic nitrogens is 2. The van der Waals surface area contributed by atoms with Crippen LogP contribution in [0, 0.1) is 6.92 Å². The summed E-state index contributed by atoms with van der Waals surface area (Å²) >= 11 is 0. The van der Waals surface area contributed by atoms with E-state index >= 15 is 0 Å². The van der Waals surface area contributed by atoms with Crippen molar-refractivity contribution in [2.45, 2.75) is 33.0 Å². The molecule has 0 saturated carbocycles. The van der Waals surface area contributed by atoms with Crippen LogP contribution in [0.25, 0.3) is 5.69 Å². The Morgan fingerprint density at radius 1 is 1.24 bits per heavy atom. The molecular formula is C15H18F3N3. The molecule has 0 bridgehead atoms. The standard InChI is InChI=1S/C15H18F3N3/c1-3-7-19-10-12-6-8-21(20-12)13-5-4-11(2)14(9-13)15(16,17)18/h4-6,8-9,19H,3,7,10H2,1-2H3. The van der Waals surface area contributed by atoms with Crippen molar-refractivity contribution in [1.29, 1.82) is 0 Å². The molecule has 114 valence electrons. The van der Waals surface area contributed by atoms with E-state index in [0.717, 1.165) is 24.7 Å². The van der Waals surface area contributed by atoms with Gasteiger partial charge in [0.05, 0.1) is 16.9 Å². The van der Waals surface area contributed by atoms with Crippen LogP contribution in [-0.4, -0.2) is 16.3 Å². The van der Waals surface area contributed by atoms with E-state index in [2.05, 4.69) is 17.3 Å². The van der Waals surface area contributed by atoms with Gasteiger partial charge in [0.1, 0.15) is 0 Å². The number of hydrogen-bond acceptors (Lipinski definition) is 2. The molecule has 0 aliphatic rings. The summed E-state index contributed by atoms with van der Waals surface area (Å²) < 4.78 is 40.2. The maximum absolute atomic E-state index is 12.9. The summed E-state index contributed by atoms with van der Waals surface area (Å²) in [6, 6.07) is 6.04. The fourth-order valence-electron chi connectivity index (χ4n) is 2.05. The monoisotopic (exact) mass is 297 g/mol. The van der Waals surface area contributed by atoms with Gasteiger partial charge in [-0.25, -0.2) is 4.68 Å². The Morgan fingerprint density at radius 3 is 2.67 bits per heavy atom. The average molecular weight is 297 g/mol. The van der Waals surface area contributed by atoms with Crippen molar-refractivity contribution < 1.29 is 13.2 Å². The Bertz CT molecular complexity index is 602. The number of nitrogens with one attached hydrogen (secondary N) is 1. The third-order valence-corrected chi connectivity index (χ3v) is 3.17. The lowest BCUT2D eigenvalue weighted by Gasteiger charge is -2.12. The molecule has 1 aromatic heterocycles. The Morgan fingerprint density at radius 2 is 2.00 bits per heavy atom. The fourth-order valence-corrected chi connectivity index (χ4v) is 2.05. The van der Waals surface area contributed by atoms with E-state index in [-0.39, 0.29) is 5.56 Å². The summed E-state index contributed by atoms with van der Waals surface area (Å²) in [7, 11) is 0. The van der Waals surface area contributed by atoms with Gasteiger partial charge in [-0.15, -0.1) is 0 Å². The summed E-state index contributed by atoms with van der Waals surface area (Å²) in [5.74, 6) is 0. The highest BCUT2D eigenvalue weighted by molar-refractivity contribution is 5.41. The first-order valence-electron chi connectivity index (χ1n) is 6.85. The number of hydrogen-bond donors (Lipinski definition) is 1. The van der Waals surface area contributed by atoms with Crippen molar-refractivity contribution in [3.8, 4) is 5.69 Å². The highest BCUT2D eigenvalue weighted by Gasteiger charge is 2.32. The van der Waals surface area contributed by atoms with Gasteiger partial charge >= 0.3 is 6.18 Å². The molecule has 0 unspecified atom stereocenters. The van der Waals surface area contributed by atoms with Crippen LogP contribution < -0.4 is 5.32 Å². The number of halogens is 3. The second kappa shape index (κ2) is 6.30. The van der Waals surface area contributed by atoms with Crippen LogP contribution in [0.4, 0.5) is 13.2 Å². The molecule has 1 heterocycles. The van der Waals surface area contributed by atoms with Crippen LogP contribution in [-0.2, 0) is 12.7 Å². The molecule has 6 heteroatoms. The molecule has 0 fully saturated rings. The molecule has 0 aliphatic carbocycles. The van der Waals surface area contributed by atoms with Crippen molar-refractivity contribution in [3.63, 3.8) is 0 Å². The van der Waals surface area contributed by atoms with Crippen LogP contribution >= 0.6 is 0 Å². The Balaban J connectivity index is 2.22. The average Bonchev–Trinajstić information content (AvgIpc) is 2.87. The van der Waals surface area contributed by atoms with Crippen LogP contribution in [0.3, 0.4) is 0 Å². The molecule has 0 saturated heterocycles. The lowest BCUT2D eigenvalue weighted by molar-refractivity contribution is -0.138. The van der Waals surface area contributed by atoms with Gasteiger partial charge in [0.25, 0.3) is 0 Å². The quantitative estimate of drug-likeness (QED) is 0.853. The van der Waals surface area contributed by atoms with Crippen molar-refractivity contribution in [2.75, 3.05) is 6.54 Å². The predicted octanol–water partition coefficient (Wildman–Crippen LogP) is 3.70. The third kappa shape index (κ3) is 3.85. The van der Waals surface area contributed by atoms with E-state index < -0.39 is 11.7 Å². The van der Waals surface area contributed by atoms with Crippen molar-refractivity contribution in [2.24, 2.45) is 0 Å². The largest absolute Gasteiger partial charge is 0.416 e. The van der Waals surface area contributed by atoms with E-state index in [1.54, 1.807) is 18.3 Å². The Hall–Kier alpha value is -1.82. The predicted molar refractivity (Wildman–Crippen MR) is 75.3 cm³/mol. The van der Waals surface area contributed by atoms with Crippen molar-refractivity contribution >= 4 is 0 Å². The number of aryl methyl sites for hydroxylation is 1. The van der Waals surface area contributed by atoms with Gasteiger partial charge in [0.15, 0.2) is 0 Å². The molecular weight excluding hydrogens is 279 g/mol. The summed E-state index contributed by atoms with van der Waals surface area (Å²) in [4.78, 5) is 0. The molecule has 0 aliphatic heterocycles. The van der Waals surface area contributed by atoms with Gasteiger partial charge in [-0.2, -0.15) is 18.3 Å². The highest BCUT2D eigenvalue weighted by Crippen LogP contribution is 2.32. The number of nitrogens with zero attached hydrogens (tertiary/aromatic N) is 2. The van der Waals surface area contributed by atoms with E-state index in [1.165, 1.54) is 17.7 Å². The van der Waals surface area contributed by atoms with E-state index in [0.29, 0.717) is 12.2 Å². The Labute approximate surface area is 121 Å². The van der Waals surface area contributed by atoms with Gasteiger partial charge in [-0.05, 0) is 43.7 Å². The van der Waals surface area contributed by atoms with Gasteiger partial charge in [-0.1, -0.05) is 13.0 Å². The van der Waals surface area contributed by atoms with Crippen LogP contribution in [0.15, 0.2) is 30.5 Å². The molecule has 3 nitrogen and oxygen atoms in total. The van der Waals surface area contributed by atoms with Gasteiger partial charge in [0.2, 0.25) is 0 Å². The first-order valence-corrected chi connectivity index (χ1v) is 6.85. The smallest absolute Gasteiger partial charge is 0.311 e. The maximum Gasteiger partial charge on any atom is 0.416 e. The molecule has 0 spiro atoms. The number of benzene rings is 1. The summed E-state index contributed by atoms with van der Waals surface area (Å²) in [6.45, 7) is 5.01. The molecule has 0 amide bonds. The topological polar surface area (TPSA) is 29.9 Å². The van der Waals surface area contributed by atoms with Crippen molar-refractivity contribution in [3.05, 3.63) is 47.3 Å². The zero-order valence-corrected chi connectivity index (χ0v) is 12.0. The third-order valence-electron chi connectivity index (χ3n) is 3.17. The minimum atomic E-state index is -4.35. The van der Waals surface area contributed by atoms with E-state index in [9.17, 15) is 13.2 Å². The maximum atomic E-state index is 12.9. The van der Waals surface area contributed by atoms with Crippen LogP contribution in [0.2, 0.25) is 0 Å². The van der Waals surface area contributed by atoms with E-state index in [1.807, 2.05) is 0 Å². The van der Waals surface area contributed by atoms with Gasteiger partial charge in [0, 0.05) is 12.7 Å². The lowest BCUT2D eigenvalue weighted by Crippen LogP contribution is -2.14. The lowest BCUT2D eigenvalue weighted by atomic mass is 10.1. The summed E-state index contributed by atoms with van der Waals surface area (Å²) in [5.41, 5.74) is 0.802. The fraction of sp³-hybridized carbons (Fsp3) is 0.400. The number of alkyl halides is 3. The second-order valence-corrected chi connectivity index (χ2v) is 4.93. The first-order chi connectivity index (χ1) is 9.91. The SMILES string of the molecule is CCCNCc1ccn(-c2ccc(C)c(C(F)(F)F)c2)n1. The molecule has 1 N–H and O–H groups in total. The Kier molecular flexibility index (Phi) is 4.67. The number of rotatable bonds is 5. The zero-order chi connectivity index (χ0) is 15.5. The van der Waals surface area contributed by atoms with Crippen LogP contribution in [0.1, 0.15) is 30.2 Å². The second-order valence-electron chi connectivity index (χ2n) is 4.93. The molecule has 2 aromatic rings. The zero-order valence-electron chi connectivity index (χ0n) is 12.0. The molecule has 2 rings (SSSR count). The molecule has 1 aromatic carbocycles. The van der Waals surface area contributed by atoms with Crippen molar-refractivity contribution in [1.82, 2.24) is 15.1 Å².